The number of aryl methyl sites for hydroxylation is 1. The molecule has 1 heterocycles. The molecule has 0 spiro atoms. The Morgan fingerprint density at radius 2 is 1.90 bits per heavy atom. The molecule has 0 saturated heterocycles. The van der Waals surface area contributed by atoms with Crippen LogP contribution < -0.4 is 4.74 Å². The van der Waals surface area contributed by atoms with Gasteiger partial charge in [-0.3, -0.25) is 4.99 Å². The number of hydrogen-bond acceptors (Lipinski definition) is 2. The molecule has 100 valence electrons. The Morgan fingerprint density at radius 1 is 1.15 bits per heavy atom. The lowest BCUT2D eigenvalue weighted by Crippen LogP contribution is -1.82. The quantitative estimate of drug-likeness (QED) is 0.659. The first-order valence-corrected chi connectivity index (χ1v) is 6.43. The van der Waals surface area contributed by atoms with Gasteiger partial charge in [-0.05, 0) is 30.3 Å². The van der Waals surface area contributed by atoms with Crippen molar-refractivity contribution in [2.45, 2.75) is 0 Å². The number of ether oxygens (including phenoxy) is 1. The van der Waals surface area contributed by atoms with Crippen LogP contribution in [0.3, 0.4) is 0 Å². The highest BCUT2D eigenvalue weighted by molar-refractivity contribution is 6.00. The summed E-state index contributed by atoms with van der Waals surface area (Å²) >= 11 is 0. The molecule has 0 aliphatic carbocycles. The average molecular weight is 265 g/mol. The maximum atomic E-state index is 8.21. The van der Waals surface area contributed by atoms with Gasteiger partial charge in [0.05, 0.1) is 14.2 Å². The number of nitrogens with zero attached hydrogens (tertiary/aromatic N) is 2. The van der Waals surface area contributed by atoms with Crippen LogP contribution in [0.25, 0.3) is 10.9 Å². The normalized spacial score (nSPS) is 12.0. The van der Waals surface area contributed by atoms with Crippen molar-refractivity contribution in [3.63, 3.8) is 0 Å². The van der Waals surface area contributed by atoms with E-state index in [1.807, 2.05) is 60.1 Å². The zero-order chi connectivity index (χ0) is 14.8. The van der Waals surface area contributed by atoms with Gasteiger partial charge in [-0.25, -0.2) is 0 Å². The summed E-state index contributed by atoms with van der Waals surface area (Å²) in [6, 6.07) is 15.5. The van der Waals surface area contributed by atoms with Gasteiger partial charge in [0, 0.05) is 35.9 Å². The van der Waals surface area contributed by atoms with Crippen molar-refractivity contribution < 1.29 is 6.11 Å². The fourth-order valence-corrected chi connectivity index (χ4v) is 2.20. The predicted octanol–water partition coefficient (Wildman–Crippen LogP) is 3.94. The van der Waals surface area contributed by atoms with Gasteiger partial charge < -0.3 is 9.30 Å². The van der Waals surface area contributed by atoms with Crippen LogP contribution in [0.5, 0.6) is 5.75 Å². The van der Waals surface area contributed by atoms with E-state index < -0.39 is 0 Å². The number of hydrogen-bond donors (Lipinski definition) is 0. The SMILES string of the molecule is [2H]c1c(C=Nc2ccc(OC)cc2)c2ccccc2n1C. The molecular formula is C17H16N2O. The molecule has 0 aliphatic heterocycles. The third-order valence-electron chi connectivity index (χ3n) is 3.26. The molecule has 0 saturated carbocycles. The van der Waals surface area contributed by atoms with Crippen LogP contribution in [0.15, 0.2) is 59.7 Å². The molecule has 0 bridgehead atoms. The zero-order valence-electron chi connectivity index (χ0n) is 12.5. The second kappa shape index (κ2) is 5.21. The summed E-state index contributed by atoms with van der Waals surface area (Å²) in [5.74, 6) is 0.806. The largest absolute Gasteiger partial charge is 0.497 e. The lowest BCUT2D eigenvalue weighted by atomic mass is 10.2. The molecule has 20 heavy (non-hydrogen) atoms. The molecule has 1 aromatic heterocycles. The minimum Gasteiger partial charge on any atom is -0.497 e. The van der Waals surface area contributed by atoms with Crippen LogP contribution in [0.1, 0.15) is 6.93 Å². The Labute approximate surface area is 119 Å². The van der Waals surface area contributed by atoms with Gasteiger partial charge in [-0.15, -0.1) is 0 Å². The maximum absolute atomic E-state index is 8.21. The lowest BCUT2D eigenvalue weighted by Gasteiger charge is -1.98. The van der Waals surface area contributed by atoms with E-state index in [-0.39, 0.29) is 0 Å². The molecule has 0 unspecified atom stereocenters. The van der Waals surface area contributed by atoms with Crippen LogP contribution in [-0.2, 0) is 7.05 Å². The first-order valence-electron chi connectivity index (χ1n) is 6.93. The van der Waals surface area contributed by atoms with Crippen molar-refractivity contribution in [1.82, 2.24) is 4.57 Å². The van der Waals surface area contributed by atoms with Crippen LogP contribution in [0.4, 0.5) is 5.69 Å². The van der Waals surface area contributed by atoms with Crippen LogP contribution in [-0.4, -0.2) is 17.9 Å². The van der Waals surface area contributed by atoms with E-state index in [0.29, 0.717) is 6.17 Å². The Hall–Kier alpha value is -2.55. The highest BCUT2D eigenvalue weighted by atomic mass is 16.5. The van der Waals surface area contributed by atoms with E-state index in [1.165, 1.54) is 0 Å². The van der Waals surface area contributed by atoms with E-state index in [0.717, 1.165) is 27.9 Å². The molecule has 0 radical (unpaired) electrons. The molecule has 3 aromatic rings. The van der Waals surface area contributed by atoms with Gasteiger partial charge in [-0.1, -0.05) is 18.2 Å². The van der Waals surface area contributed by atoms with E-state index in [2.05, 4.69) is 4.99 Å². The second-order valence-corrected chi connectivity index (χ2v) is 4.56. The molecule has 3 heteroatoms. The van der Waals surface area contributed by atoms with Crippen LogP contribution in [0.2, 0.25) is 0 Å². The van der Waals surface area contributed by atoms with Gasteiger partial charge in [0.1, 0.15) is 5.75 Å². The fraction of sp³-hybridized carbons (Fsp3) is 0.118. The lowest BCUT2D eigenvalue weighted by molar-refractivity contribution is 0.415. The number of fused-ring (bicyclic) bond motifs is 1. The van der Waals surface area contributed by atoms with Gasteiger partial charge in [0.25, 0.3) is 0 Å². The Balaban J connectivity index is 2.01. The van der Waals surface area contributed by atoms with E-state index in [4.69, 9.17) is 6.11 Å². The number of para-hydroxylation sites is 1. The summed E-state index contributed by atoms with van der Waals surface area (Å²) in [5.41, 5.74) is 2.71. The van der Waals surface area contributed by atoms with Crippen molar-refractivity contribution in [2.75, 3.05) is 7.11 Å². The summed E-state index contributed by atoms with van der Waals surface area (Å²) in [5, 5.41) is 1.04. The van der Waals surface area contributed by atoms with Crippen LogP contribution >= 0.6 is 0 Å². The topological polar surface area (TPSA) is 26.5 Å². The molecular weight excluding hydrogens is 248 g/mol. The van der Waals surface area contributed by atoms with Crippen molar-refractivity contribution in [2.24, 2.45) is 12.0 Å². The van der Waals surface area contributed by atoms with E-state index in [9.17, 15) is 0 Å². The van der Waals surface area contributed by atoms with E-state index in [1.54, 1.807) is 13.3 Å². The monoisotopic (exact) mass is 265 g/mol. The first kappa shape index (κ1) is 11.3. The summed E-state index contributed by atoms with van der Waals surface area (Å²) in [6.45, 7) is 0. The number of aliphatic imine (C=N–C) groups is 1. The van der Waals surface area contributed by atoms with Crippen molar-refractivity contribution in [1.29, 1.82) is 0 Å². The third kappa shape index (κ3) is 2.30. The number of methoxy groups -OCH3 is 1. The van der Waals surface area contributed by atoms with Crippen LogP contribution in [0, 0.1) is 0 Å². The summed E-state index contributed by atoms with van der Waals surface area (Å²) < 4.78 is 15.2. The minimum absolute atomic E-state index is 0.466. The molecule has 0 aliphatic rings. The minimum atomic E-state index is 0.466. The molecule has 2 aromatic carbocycles. The predicted molar refractivity (Wildman–Crippen MR) is 83.2 cm³/mol. The fourth-order valence-electron chi connectivity index (χ4n) is 2.20. The number of benzene rings is 2. The standard InChI is InChI=1S/C17H16N2O/c1-19-12-13(16-5-3-4-6-17(16)19)11-18-14-7-9-15(20-2)10-8-14/h3-12H,1-2H3/i12D. The summed E-state index contributed by atoms with van der Waals surface area (Å²) in [7, 11) is 3.54. The highest BCUT2D eigenvalue weighted by Gasteiger charge is 2.03. The van der Waals surface area contributed by atoms with Gasteiger partial charge in [0.15, 0.2) is 0 Å². The molecule has 0 amide bonds. The summed E-state index contributed by atoms with van der Waals surface area (Å²) in [6.07, 6.45) is 2.22. The average Bonchev–Trinajstić information content (AvgIpc) is 2.78. The number of rotatable bonds is 3. The highest BCUT2D eigenvalue weighted by Crippen LogP contribution is 2.21. The van der Waals surface area contributed by atoms with Crippen molar-refractivity contribution in [3.05, 3.63) is 60.3 Å². The van der Waals surface area contributed by atoms with Gasteiger partial charge >= 0.3 is 0 Å². The Bertz CT molecular complexity index is 804. The maximum Gasteiger partial charge on any atom is 0.119 e. The molecule has 0 atom stereocenters. The van der Waals surface area contributed by atoms with Gasteiger partial charge in [-0.2, -0.15) is 0 Å². The molecule has 0 N–H and O–H groups in total. The molecule has 0 fully saturated rings. The summed E-state index contributed by atoms with van der Waals surface area (Å²) in [4.78, 5) is 4.46. The molecule has 3 nitrogen and oxygen atoms in total. The Morgan fingerprint density at radius 3 is 2.65 bits per heavy atom. The van der Waals surface area contributed by atoms with Gasteiger partial charge in [0.2, 0.25) is 0 Å². The third-order valence-corrected chi connectivity index (χ3v) is 3.26. The van der Waals surface area contributed by atoms with Crippen molar-refractivity contribution in [3.8, 4) is 5.75 Å². The first-order chi connectivity index (χ1) is 10.2. The number of aromatic nitrogens is 1. The smallest absolute Gasteiger partial charge is 0.119 e. The Kier molecular flexibility index (Phi) is 2.94. The second-order valence-electron chi connectivity index (χ2n) is 4.56. The van der Waals surface area contributed by atoms with E-state index >= 15 is 0 Å². The zero-order valence-corrected chi connectivity index (χ0v) is 11.5. The van der Waals surface area contributed by atoms with Crippen molar-refractivity contribution >= 4 is 22.8 Å². The molecule has 3 rings (SSSR count).